The van der Waals surface area contributed by atoms with Crippen molar-refractivity contribution in [3.8, 4) is 17.2 Å². The quantitative estimate of drug-likeness (QED) is 0.378. The van der Waals surface area contributed by atoms with Crippen LogP contribution in [-0.4, -0.2) is 33.3 Å². The van der Waals surface area contributed by atoms with E-state index in [-0.39, 0.29) is 17.1 Å². The van der Waals surface area contributed by atoms with Crippen molar-refractivity contribution in [1.82, 2.24) is 15.1 Å². The van der Waals surface area contributed by atoms with Crippen LogP contribution in [0.4, 0.5) is 13.2 Å². The Morgan fingerprint density at radius 2 is 1.57 bits per heavy atom. The van der Waals surface area contributed by atoms with E-state index in [1.165, 1.54) is 5.56 Å². The number of phenols is 1. The van der Waals surface area contributed by atoms with E-state index in [1.54, 1.807) is 24.3 Å². The first-order valence-electron chi connectivity index (χ1n) is 11.4. The minimum absolute atomic E-state index is 0.173. The minimum Gasteiger partial charge on any atom is -0.508 e. The van der Waals surface area contributed by atoms with Crippen molar-refractivity contribution in [3.63, 3.8) is 0 Å². The van der Waals surface area contributed by atoms with Gasteiger partial charge >= 0.3 is 12.1 Å². The number of aromatic nitrogens is 2. The maximum absolute atomic E-state index is 12.8. The third kappa shape index (κ3) is 4.79. The fourth-order valence-electron chi connectivity index (χ4n) is 4.87. The van der Waals surface area contributed by atoms with Crippen LogP contribution in [0.3, 0.4) is 0 Å². The Morgan fingerprint density at radius 1 is 0.857 bits per heavy atom. The molecule has 1 N–H and O–H groups in total. The summed E-state index contributed by atoms with van der Waals surface area (Å²) in [4.78, 5) is 2.42. The van der Waals surface area contributed by atoms with E-state index in [0.717, 1.165) is 43.6 Å². The molecule has 0 radical (unpaired) electrons. The largest absolute Gasteiger partial charge is 0.508 e. The molecule has 1 aliphatic heterocycles. The Hall–Kier alpha value is -3.65. The number of hydrogen-bond donors (Lipinski definition) is 1. The molecule has 1 aromatic heterocycles. The molecular formula is C27H24F3N3O2. The number of halogens is 3. The van der Waals surface area contributed by atoms with Crippen LogP contribution in [0.2, 0.25) is 0 Å². The molecule has 3 aromatic carbocycles. The van der Waals surface area contributed by atoms with Crippen LogP contribution in [0.5, 0.6) is 5.75 Å². The van der Waals surface area contributed by atoms with Gasteiger partial charge in [0.2, 0.25) is 5.89 Å². The fraction of sp³-hybridized carbons (Fsp3) is 0.259. The zero-order valence-electron chi connectivity index (χ0n) is 18.9. The molecular weight excluding hydrogens is 455 g/mol. The Kier molecular flexibility index (Phi) is 6.06. The predicted octanol–water partition coefficient (Wildman–Crippen LogP) is 6.04. The molecule has 1 fully saturated rings. The summed E-state index contributed by atoms with van der Waals surface area (Å²) < 4.78 is 43.4. The lowest BCUT2D eigenvalue weighted by molar-refractivity contribution is -0.156. The summed E-state index contributed by atoms with van der Waals surface area (Å²) in [7, 11) is 0. The van der Waals surface area contributed by atoms with Crippen LogP contribution >= 0.6 is 0 Å². The van der Waals surface area contributed by atoms with Gasteiger partial charge < -0.3 is 9.52 Å². The monoisotopic (exact) mass is 479 g/mol. The number of rotatable bonds is 5. The molecule has 1 saturated heterocycles. The second kappa shape index (κ2) is 9.19. The number of alkyl halides is 3. The summed E-state index contributed by atoms with van der Waals surface area (Å²) in [5.74, 6) is -1.33. The minimum atomic E-state index is -4.68. The lowest BCUT2D eigenvalue weighted by Gasteiger charge is -2.43. The molecule has 0 bridgehead atoms. The molecule has 5 nitrogen and oxygen atoms in total. The van der Waals surface area contributed by atoms with E-state index in [2.05, 4.69) is 27.2 Å². The first-order valence-corrected chi connectivity index (χ1v) is 11.4. The van der Waals surface area contributed by atoms with Crippen LogP contribution in [0.1, 0.15) is 35.4 Å². The lowest BCUT2D eigenvalue weighted by Crippen LogP contribution is -2.43. The van der Waals surface area contributed by atoms with E-state index in [1.807, 2.05) is 42.5 Å². The third-order valence-corrected chi connectivity index (χ3v) is 6.71. The fourth-order valence-corrected chi connectivity index (χ4v) is 4.87. The molecule has 1 aliphatic rings. The lowest BCUT2D eigenvalue weighted by atomic mass is 9.68. The van der Waals surface area contributed by atoms with Crippen LogP contribution < -0.4 is 0 Å². The number of aromatic hydroxyl groups is 1. The normalized spacial score (nSPS) is 16.3. The summed E-state index contributed by atoms with van der Waals surface area (Å²) >= 11 is 0. The van der Waals surface area contributed by atoms with Gasteiger partial charge in [0.05, 0.1) is 0 Å². The summed E-state index contributed by atoms with van der Waals surface area (Å²) in [5, 5.41) is 16.9. The highest BCUT2D eigenvalue weighted by Gasteiger charge is 2.39. The molecule has 5 rings (SSSR count). The summed E-state index contributed by atoms with van der Waals surface area (Å²) in [6.07, 6.45) is -3.01. The van der Waals surface area contributed by atoms with Gasteiger partial charge in [0.15, 0.2) is 0 Å². The van der Waals surface area contributed by atoms with Crippen LogP contribution in [-0.2, 0) is 18.1 Å². The van der Waals surface area contributed by atoms with Crippen molar-refractivity contribution in [2.24, 2.45) is 0 Å². The molecule has 8 heteroatoms. The maximum atomic E-state index is 12.8. The number of phenolic OH excluding ortho intramolecular Hbond substituents is 1. The smallest absolute Gasteiger partial charge is 0.470 e. The van der Waals surface area contributed by atoms with Gasteiger partial charge in [-0.1, -0.05) is 54.6 Å². The average Bonchev–Trinajstić information content (AvgIpc) is 3.37. The van der Waals surface area contributed by atoms with E-state index < -0.39 is 12.1 Å². The summed E-state index contributed by atoms with van der Waals surface area (Å²) in [6, 6.07) is 24.9. The van der Waals surface area contributed by atoms with Crippen LogP contribution in [0, 0.1) is 0 Å². The van der Waals surface area contributed by atoms with E-state index >= 15 is 0 Å². The van der Waals surface area contributed by atoms with Gasteiger partial charge in [-0.25, -0.2) is 0 Å². The van der Waals surface area contributed by atoms with Gasteiger partial charge in [-0.3, -0.25) is 4.90 Å². The van der Waals surface area contributed by atoms with Gasteiger partial charge in [0.1, 0.15) is 5.75 Å². The predicted molar refractivity (Wildman–Crippen MR) is 125 cm³/mol. The van der Waals surface area contributed by atoms with E-state index in [4.69, 9.17) is 4.42 Å². The Bertz CT molecular complexity index is 1280. The maximum Gasteiger partial charge on any atom is 0.470 e. The van der Waals surface area contributed by atoms with Gasteiger partial charge in [0, 0.05) is 17.5 Å². The molecule has 0 unspecified atom stereocenters. The number of piperidine rings is 1. The Labute approximate surface area is 200 Å². The molecule has 4 aromatic rings. The number of hydrogen-bond acceptors (Lipinski definition) is 5. The zero-order chi connectivity index (χ0) is 24.5. The first-order chi connectivity index (χ1) is 16.8. The summed E-state index contributed by atoms with van der Waals surface area (Å²) in [6.45, 7) is 2.60. The van der Waals surface area contributed by atoms with Gasteiger partial charge in [-0.05, 0) is 66.9 Å². The molecule has 180 valence electrons. The zero-order valence-corrected chi connectivity index (χ0v) is 18.9. The molecule has 2 heterocycles. The molecule has 0 atom stereocenters. The second-order valence-electron chi connectivity index (χ2n) is 8.88. The summed E-state index contributed by atoms with van der Waals surface area (Å²) in [5.41, 5.74) is 3.39. The van der Waals surface area contributed by atoms with Gasteiger partial charge in [-0.15, -0.1) is 10.2 Å². The van der Waals surface area contributed by atoms with Crippen molar-refractivity contribution in [3.05, 3.63) is 101 Å². The van der Waals surface area contributed by atoms with Gasteiger partial charge in [0.25, 0.3) is 0 Å². The van der Waals surface area contributed by atoms with Crippen molar-refractivity contribution in [1.29, 1.82) is 0 Å². The van der Waals surface area contributed by atoms with Crippen molar-refractivity contribution in [2.75, 3.05) is 13.1 Å². The Balaban J connectivity index is 1.43. The van der Waals surface area contributed by atoms with E-state index in [9.17, 15) is 18.3 Å². The third-order valence-electron chi connectivity index (χ3n) is 6.71. The standard InChI is InChI=1S/C27H24F3N3O2/c28-27(29,30)25-32-31-24(35-25)20-9-11-21(12-10-20)26(22-7-4-8-23(34)17-22)13-15-33(16-14-26)18-19-5-2-1-3-6-19/h1-12,17,34H,13-16,18H2. The highest BCUT2D eigenvalue weighted by molar-refractivity contribution is 5.55. The van der Waals surface area contributed by atoms with Crippen LogP contribution in [0.15, 0.2) is 83.3 Å². The number of benzene rings is 3. The molecule has 0 aliphatic carbocycles. The van der Waals surface area contributed by atoms with Crippen molar-refractivity contribution < 1.29 is 22.7 Å². The molecule has 0 spiro atoms. The Morgan fingerprint density at radius 3 is 2.20 bits per heavy atom. The second-order valence-corrected chi connectivity index (χ2v) is 8.88. The highest BCUT2D eigenvalue weighted by Crippen LogP contribution is 2.43. The van der Waals surface area contributed by atoms with E-state index in [0.29, 0.717) is 5.56 Å². The van der Waals surface area contributed by atoms with Crippen molar-refractivity contribution >= 4 is 0 Å². The highest BCUT2D eigenvalue weighted by atomic mass is 19.4. The number of nitrogens with zero attached hydrogens (tertiary/aromatic N) is 3. The van der Waals surface area contributed by atoms with Gasteiger partial charge in [-0.2, -0.15) is 13.2 Å². The SMILES string of the molecule is Oc1cccc(C2(c3ccc(-c4nnc(C(F)(F)F)o4)cc3)CCN(Cc3ccccc3)CC2)c1. The molecule has 0 saturated carbocycles. The average molecular weight is 480 g/mol. The van der Waals surface area contributed by atoms with Crippen LogP contribution in [0.25, 0.3) is 11.5 Å². The topological polar surface area (TPSA) is 62.4 Å². The molecule has 35 heavy (non-hydrogen) atoms. The number of likely N-dealkylation sites (tertiary alicyclic amines) is 1. The molecule has 0 amide bonds. The van der Waals surface area contributed by atoms with Crippen molar-refractivity contribution in [2.45, 2.75) is 31.0 Å². The first kappa shape index (κ1) is 23.1.